The molecule has 0 amide bonds. The third kappa shape index (κ3) is 4.17. The molecule has 0 spiro atoms. The minimum Gasteiger partial charge on any atom is -0.484 e. The van der Waals surface area contributed by atoms with E-state index in [2.05, 4.69) is 12.2 Å². The van der Waals surface area contributed by atoms with Crippen LogP contribution in [0, 0.1) is 11.6 Å². The Morgan fingerprint density at radius 2 is 1.80 bits per heavy atom. The van der Waals surface area contributed by atoms with Crippen molar-refractivity contribution in [2.24, 2.45) is 0 Å². The standard InChI is InChI=1S/C16H23F2NO/c1-2-8-19-11-12-9-14(17)16(15(18)10-12)20-13-6-4-3-5-7-13/h9-10,13,19H,2-8,11H2,1H3. The van der Waals surface area contributed by atoms with Crippen LogP contribution in [-0.4, -0.2) is 12.6 Å². The van der Waals surface area contributed by atoms with E-state index in [1.807, 2.05) is 0 Å². The number of hydrogen-bond donors (Lipinski definition) is 1. The van der Waals surface area contributed by atoms with Crippen molar-refractivity contribution in [1.29, 1.82) is 0 Å². The molecule has 0 heterocycles. The van der Waals surface area contributed by atoms with Crippen molar-refractivity contribution in [3.8, 4) is 5.75 Å². The number of benzene rings is 1. The summed E-state index contributed by atoms with van der Waals surface area (Å²) in [6.07, 6.45) is 6.06. The lowest BCUT2D eigenvalue weighted by Crippen LogP contribution is -2.21. The average molecular weight is 283 g/mol. The maximum absolute atomic E-state index is 14.0. The van der Waals surface area contributed by atoms with Crippen molar-refractivity contribution >= 4 is 0 Å². The lowest BCUT2D eigenvalue weighted by atomic mass is 9.98. The summed E-state index contributed by atoms with van der Waals surface area (Å²) in [5.74, 6) is -1.40. The van der Waals surface area contributed by atoms with Crippen LogP contribution in [-0.2, 0) is 6.54 Å². The number of ether oxygens (including phenoxy) is 1. The number of hydrogen-bond acceptors (Lipinski definition) is 2. The Morgan fingerprint density at radius 1 is 1.15 bits per heavy atom. The van der Waals surface area contributed by atoms with Gasteiger partial charge in [0.2, 0.25) is 0 Å². The van der Waals surface area contributed by atoms with Gasteiger partial charge in [0, 0.05) is 6.54 Å². The van der Waals surface area contributed by atoms with Crippen LogP contribution < -0.4 is 10.1 Å². The molecule has 0 aromatic heterocycles. The van der Waals surface area contributed by atoms with Crippen molar-refractivity contribution in [3.63, 3.8) is 0 Å². The number of halogens is 2. The van der Waals surface area contributed by atoms with Gasteiger partial charge in [-0.3, -0.25) is 0 Å². The zero-order valence-electron chi connectivity index (χ0n) is 12.1. The smallest absolute Gasteiger partial charge is 0.191 e. The monoisotopic (exact) mass is 283 g/mol. The molecule has 1 aromatic rings. The van der Waals surface area contributed by atoms with Gasteiger partial charge in [0.05, 0.1) is 6.10 Å². The fourth-order valence-corrected chi connectivity index (χ4v) is 2.59. The van der Waals surface area contributed by atoms with Gasteiger partial charge in [0.15, 0.2) is 17.4 Å². The van der Waals surface area contributed by atoms with E-state index in [-0.39, 0.29) is 11.9 Å². The molecule has 0 atom stereocenters. The van der Waals surface area contributed by atoms with Crippen molar-refractivity contribution in [2.45, 2.75) is 58.1 Å². The van der Waals surface area contributed by atoms with E-state index in [0.717, 1.165) is 38.6 Å². The topological polar surface area (TPSA) is 21.3 Å². The normalized spacial score (nSPS) is 16.4. The average Bonchev–Trinajstić information content (AvgIpc) is 2.44. The molecule has 1 aliphatic carbocycles. The molecule has 0 saturated heterocycles. The summed E-state index contributed by atoms with van der Waals surface area (Å²) in [5, 5.41) is 3.13. The second-order valence-electron chi connectivity index (χ2n) is 5.44. The molecule has 1 aromatic carbocycles. The van der Waals surface area contributed by atoms with E-state index >= 15 is 0 Å². The molecule has 1 saturated carbocycles. The van der Waals surface area contributed by atoms with Gasteiger partial charge in [-0.05, 0) is 56.3 Å². The van der Waals surface area contributed by atoms with Gasteiger partial charge >= 0.3 is 0 Å². The van der Waals surface area contributed by atoms with Crippen LogP contribution in [0.1, 0.15) is 51.0 Å². The Kier molecular flexibility index (Phi) is 5.77. The Balaban J connectivity index is 2.01. The molecule has 2 rings (SSSR count). The summed E-state index contributed by atoms with van der Waals surface area (Å²) in [4.78, 5) is 0. The van der Waals surface area contributed by atoms with Crippen LogP contribution >= 0.6 is 0 Å². The van der Waals surface area contributed by atoms with Gasteiger partial charge in [-0.25, -0.2) is 8.78 Å². The fourth-order valence-electron chi connectivity index (χ4n) is 2.59. The summed E-state index contributed by atoms with van der Waals surface area (Å²) in [6, 6.07) is 2.73. The molecule has 2 nitrogen and oxygen atoms in total. The van der Waals surface area contributed by atoms with Crippen LogP contribution in [0.15, 0.2) is 12.1 Å². The molecule has 1 N–H and O–H groups in total. The molecule has 0 bridgehead atoms. The quantitative estimate of drug-likeness (QED) is 0.791. The lowest BCUT2D eigenvalue weighted by molar-refractivity contribution is 0.142. The predicted molar refractivity (Wildman–Crippen MR) is 75.9 cm³/mol. The van der Waals surface area contributed by atoms with Crippen LogP contribution in [0.3, 0.4) is 0 Å². The highest BCUT2D eigenvalue weighted by Gasteiger charge is 2.20. The SMILES string of the molecule is CCCNCc1cc(F)c(OC2CCCCC2)c(F)c1. The second-order valence-corrected chi connectivity index (χ2v) is 5.44. The fraction of sp³-hybridized carbons (Fsp3) is 0.625. The van der Waals surface area contributed by atoms with Crippen molar-refractivity contribution < 1.29 is 13.5 Å². The minimum absolute atomic E-state index is 0.0446. The second kappa shape index (κ2) is 7.58. The van der Waals surface area contributed by atoms with E-state index in [4.69, 9.17) is 4.74 Å². The largest absolute Gasteiger partial charge is 0.484 e. The molecular weight excluding hydrogens is 260 g/mol. The Bertz CT molecular complexity index is 407. The zero-order chi connectivity index (χ0) is 14.4. The third-order valence-electron chi connectivity index (χ3n) is 3.65. The van der Waals surface area contributed by atoms with Gasteiger partial charge in [-0.15, -0.1) is 0 Å². The van der Waals surface area contributed by atoms with Gasteiger partial charge in [0.25, 0.3) is 0 Å². The lowest BCUT2D eigenvalue weighted by Gasteiger charge is -2.23. The van der Waals surface area contributed by atoms with E-state index in [0.29, 0.717) is 12.1 Å². The maximum atomic E-state index is 14.0. The van der Waals surface area contributed by atoms with E-state index in [1.54, 1.807) is 0 Å². The first kappa shape index (κ1) is 15.2. The summed E-state index contributed by atoms with van der Waals surface area (Å²) in [5.41, 5.74) is 0.615. The minimum atomic E-state index is -0.594. The molecule has 1 fully saturated rings. The summed E-state index contributed by atoms with van der Waals surface area (Å²) in [6.45, 7) is 3.37. The molecule has 1 aliphatic rings. The highest BCUT2D eigenvalue weighted by atomic mass is 19.1. The van der Waals surface area contributed by atoms with Crippen LogP contribution in [0.5, 0.6) is 5.75 Å². The molecule has 20 heavy (non-hydrogen) atoms. The summed E-state index contributed by atoms with van der Waals surface area (Å²) in [7, 11) is 0. The van der Waals surface area contributed by atoms with Crippen molar-refractivity contribution in [1.82, 2.24) is 5.32 Å². The van der Waals surface area contributed by atoms with Gasteiger partial charge in [-0.1, -0.05) is 13.3 Å². The maximum Gasteiger partial charge on any atom is 0.191 e. The highest BCUT2D eigenvalue weighted by Crippen LogP contribution is 2.28. The number of rotatable bonds is 6. The van der Waals surface area contributed by atoms with Gasteiger partial charge in [-0.2, -0.15) is 0 Å². The van der Waals surface area contributed by atoms with Crippen LogP contribution in [0.25, 0.3) is 0 Å². The van der Waals surface area contributed by atoms with Crippen LogP contribution in [0.4, 0.5) is 8.78 Å². The molecular formula is C16H23F2NO. The van der Waals surface area contributed by atoms with Crippen molar-refractivity contribution in [2.75, 3.05) is 6.54 Å². The predicted octanol–water partition coefficient (Wildman–Crippen LogP) is 4.18. The Labute approximate surface area is 119 Å². The van der Waals surface area contributed by atoms with E-state index in [1.165, 1.54) is 18.6 Å². The molecule has 0 radical (unpaired) electrons. The van der Waals surface area contributed by atoms with Gasteiger partial charge in [0.1, 0.15) is 0 Å². The highest BCUT2D eigenvalue weighted by molar-refractivity contribution is 5.31. The third-order valence-corrected chi connectivity index (χ3v) is 3.65. The summed E-state index contributed by atoms with van der Waals surface area (Å²) < 4.78 is 33.5. The van der Waals surface area contributed by atoms with Crippen LogP contribution in [0.2, 0.25) is 0 Å². The first-order valence-electron chi connectivity index (χ1n) is 7.56. The zero-order valence-corrected chi connectivity index (χ0v) is 12.1. The first-order chi connectivity index (χ1) is 9.70. The molecule has 0 unspecified atom stereocenters. The van der Waals surface area contributed by atoms with E-state index < -0.39 is 11.6 Å². The van der Waals surface area contributed by atoms with E-state index in [9.17, 15) is 8.78 Å². The summed E-state index contributed by atoms with van der Waals surface area (Å²) >= 11 is 0. The van der Waals surface area contributed by atoms with Gasteiger partial charge < -0.3 is 10.1 Å². The van der Waals surface area contributed by atoms with Crippen molar-refractivity contribution in [3.05, 3.63) is 29.3 Å². The first-order valence-corrected chi connectivity index (χ1v) is 7.56. The molecule has 112 valence electrons. The number of nitrogens with one attached hydrogen (secondary N) is 1. The Hall–Kier alpha value is -1.16. The molecule has 0 aliphatic heterocycles. The Morgan fingerprint density at radius 3 is 2.40 bits per heavy atom. The molecule has 4 heteroatoms.